The van der Waals surface area contributed by atoms with Crippen molar-refractivity contribution in [1.82, 2.24) is 4.90 Å². The van der Waals surface area contributed by atoms with E-state index in [-0.39, 0.29) is 19.8 Å². The maximum absolute atomic E-state index is 8.48. The Morgan fingerprint density at radius 1 is 0.923 bits per heavy atom. The van der Waals surface area contributed by atoms with E-state index >= 15 is 0 Å². The predicted octanol–water partition coefficient (Wildman–Crippen LogP) is -1.19. The molecule has 0 spiro atoms. The molecule has 0 bridgehead atoms. The van der Waals surface area contributed by atoms with Crippen molar-refractivity contribution in [2.45, 2.75) is 0 Å². The van der Waals surface area contributed by atoms with Crippen LogP contribution in [0.3, 0.4) is 0 Å². The van der Waals surface area contributed by atoms with Gasteiger partial charge in [0.15, 0.2) is 0 Å². The number of aliphatic hydroxyl groups excluding tert-OH is 3. The summed E-state index contributed by atoms with van der Waals surface area (Å²) in [4.78, 5) is 1.79. The van der Waals surface area contributed by atoms with Gasteiger partial charge in [0.1, 0.15) is 0 Å². The van der Waals surface area contributed by atoms with Crippen LogP contribution in [0.4, 0.5) is 0 Å². The summed E-state index contributed by atoms with van der Waals surface area (Å²) in [6.07, 6.45) is 0. The Bertz CT molecular complexity index is 75.9. The minimum atomic E-state index is 0.0694. The number of rotatable bonds is 6. The van der Waals surface area contributed by atoms with Gasteiger partial charge in [0.25, 0.3) is 0 Å². The Hall–Kier alpha value is 1.11. The standard InChI is InChI=1S/C6H15NO3.CH2GeI/c8-4-1-7(2-5-9)3-6-10;2-1-3/h8-10H,1-6H2;1H2. The molecule has 0 aliphatic rings. The van der Waals surface area contributed by atoms with Gasteiger partial charge in [-0.1, -0.05) is 0 Å². The Morgan fingerprint density at radius 3 is 1.31 bits per heavy atom. The molecular weight excluding hydrogens is 346 g/mol. The van der Waals surface area contributed by atoms with Gasteiger partial charge in [-0.15, -0.1) is 0 Å². The molecule has 0 rings (SSSR count). The third-order valence-corrected chi connectivity index (χ3v) is 1.25. The summed E-state index contributed by atoms with van der Waals surface area (Å²) < 4.78 is 1.22. The Kier molecular flexibility index (Phi) is 19.8. The maximum atomic E-state index is 8.48. The molecule has 0 unspecified atom stereocenters. The van der Waals surface area contributed by atoms with Gasteiger partial charge in [-0.3, -0.25) is 4.90 Å². The molecule has 0 atom stereocenters. The van der Waals surface area contributed by atoms with Crippen LogP contribution in [0.5, 0.6) is 0 Å². The van der Waals surface area contributed by atoms with E-state index in [1.807, 2.05) is 0 Å². The molecule has 3 N–H and O–H groups in total. The second-order valence-corrected chi connectivity index (χ2v) is 6.67. The summed E-state index contributed by atoms with van der Waals surface area (Å²) in [6, 6.07) is 0. The van der Waals surface area contributed by atoms with Gasteiger partial charge in [0, 0.05) is 19.6 Å². The van der Waals surface area contributed by atoms with Gasteiger partial charge in [-0.25, -0.2) is 0 Å². The van der Waals surface area contributed by atoms with Crippen LogP contribution < -0.4 is 0 Å². The summed E-state index contributed by atoms with van der Waals surface area (Å²) in [5, 5.41) is 25.5. The first-order chi connectivity index (χ1) is 6.26. The normalized spacial score (nSPS) is 9.69. The Labute approximate surface area is 102 Å². The molecule has 0 aliphatic heterocycles. The summed E-state index contributed by atoms with van der Waals surface area (Å²) in [7, 11) is 0. The van der Waals surface area contributed by atoms with Gasteiger partial charge in [-0.2, -0.15) is 0 Å². The van der Waals surface area contributed by atoms with Crippen molar-refractivity contribution in [2.75, 3.05) is 42.7 Å². The molecule has 6 heteroatoms. The minimum absolute atomic E-state index is 0.0694. The molecule has 79 valence electrons. The van der Waals surface area contributed by atoms with E-state index in [2.05, 4.69) is 39.1 Å². The first kappa shape index (κ1) is 16.5. The average Bonchev–Trinajstić information content (AvgIpc) is 2.07. The summed E-state index contributed by atoms with van der Waals surface area (Å²) in [5.74, 6) is 0. The third kappa shape index (κ3) is 15.8. The molecule has 0 aromatic heterocycles. The van der Waals surface area contributed by atoms with Crippen LogP contribution in [0.2, 0.25) is 0 Å². The molecule has 0 aliphatic carbocycles. The first-order valence-corrected chi connectivity index (χ1v) is 7.03. The van der Waals surface area contributed by atoms with Crippen LogP contribution in [0.25, 0.3) is 0 Å². The average molecular weight is 363 g/mol. The number of aliphatic hydroxyl groups is 3. The van der Waals surface area contributed by atoms with Gasteiger partial charge < -0.3 is 15.3 Å². The molecule has 13 heavy (non-hydrogen) atoms. The van der Waals surface area contributed by atoms with Gasteiger partial charge in [0.2, 0.25) is 0 Å². The van der Waals surface area contributed by atoms with Crippen LogP contribution >= 0.6 is 22.6 Å². The van der Waals surface area contributed by atoms with E-state index < -0.39 is 0 Å². The molecule has 0 saturated heterocycles. The van der Waals surface area contributed by atoms with E-state index in [0.29, 0.717) is 19.6 Å². The van der Waals surface area contributed by atoms with Crippen LogP contribution in [0.15, 0.2) is 0 Å². The fourth-order valence-corrected chi connectivity index (χ4v) is 0.760. The summed E-state index contributed by atoms with van der Waals surface area (Å²) >= 11 is 4.40. The van der Waals surface area contributed by atoms with Gasteiger partial charge >= 0.3 is 42.4 Å². The molecule has 0 aromatic rings. The quantitative estimate of drug-likeness (QED) is 0.316. The van der Waals surface area contributed by atoms with Crippen LogP contribution in [0, 0.1) is 0 Å². The van der Waals surface area contributed by atoms with Crippen LogP contribution in [-0.4, -0.2) is 79.4 Å². The Morgan fingerprint density at radius 2 is 1.15 bits per heavy atom. The summed E-state index contributed by atoms with van der Waals surface area (Å²) in [6.45, 7) is 1.75. The number of halogens is 1. The van der Waals surface area contributed by atoms with Crippen molar-refractivity contribution >= 4 is 39.1 Å². The topological polar surface area (TPSA) is 63.9 Å². The molecular formula is C7H17GeINO3. The zero-order chi connectivity index (χ0) is 10.5. The third-order valence-electron chi connectivity index (χ3n) is 1.25. The van der Waals surface area contributed by atoms with Crippen molar-refractivity contribution < 1.29 is 15.3 Å². The second kappa shape index (κ2) is 15.6. The summed E-state index contributed by atoms with van der Waals surface area (Å²) in [5.41, 5.74) is 0. The molecule has 0 fully saturated rings. The monoisotopic (exact) mass is 364 g/mol. The number of hydrogen-bond donors (Lipinski definition) is 3. The van der Waals surface area contributed by atoms with E-state index in [0.717, 1.165) is 0 Å². The van der Waals surface area contributed by atoms with E-state index in [1.165, 1.54) is 3.26 Å². The number of nitrogens with zero attached hydrogens (tertiary/aromatic N) is 1. The van der Waals surface area contributed by atoms with Crippen molar-refractivity contribution in [3.05, 3.63) is 0 Å². The van der Waals surface area contributed by atoms with Gasteiger partial charge in [-0.05, 0) is 0 Å². The fraction of sp³-hybridized carbons (Fsp3) is 1.00. The molecule has 4 nitrogen and oxygen atoms in total. The molecule has 0 saturated carbocycles. The number of hydrogen-bond acceptors (Lipinski definition) is 4. The van der Waals surface area contributed by atoms with E-state index in [1.54, 1.807) is 4.90 Å². The van der Waals surface area contributed by atoms with Crippen LogP contribution in [0.1, 0.15) is 0 Å². The van der Waals surface area contributed by atoms with Crippen LogP contribution in [-0.2, 0) is 0 Å². The predicted molar refractivity (Wildman–Crippen MR) is 62.3 cm³/mol. The zero-order valence-corrected chi connectivity index (χ0v) is 11.9. The second-order valence-electron chi connectivity index (χ2n) is 2.15. The zero-order valence-electron chi connectivity index (χ0n) is 7.62. The van der Waals surface area contributed by atoms with Crippen molar-refractivity contribution in [2.24, 2.45) is 0 Å². The molecule has 3 radical (unpaired) electrons. The van der Waals surface area contributed by atoms with Crippen molar-refractivity contribution in [3.8, 4) is 0 Å². The molecule has 0 aromatic carbocycles. The fourth-order valence-electron chi connectivity index (χ4n) is 0.760. The SMILES string of the molecule is OCCN(CCO)CCO.[Ge][CH2]I. The molecule has 0 amide bonds. The number of alkyl halides is 1. The van der Waals surface area contributed by atoms with Gasteiger partial charge in [0.05, 0.1) is 19.8 Å². The molecule has 0 heterocycles. The van der Waals surface area contributed by atoms with Crippen molar-refractivity contribution in [3.63, 3.8) is 0 Å². The first-order valence-electron chi connectivity index (χ1n) is 4.02. The Balaban J connectivity index is 0. The van der Waals surface area contributed by atoms with Crippen molar-refractivity contribution in [1.29, 1.82) is 0 Å². The van der Waals surface area contributed by atoms with E-state index in [4.69, 9.17) is 15.3 Å². The van der Waals surface area contributed by atoms with E-state index in [9.17, 15) is 0 Å².